The number of aromatic nitrogens is 8. The molecule has 0 aliphatic rings. The molecule has 0 aliphatic heterocycles. The Morgan fingerprint density at radius 1 is 0.919 bits per heavy atom. The van der Waals surface area contributed by atoms with Crippen molar-refractivity contribution < 1.29 is 4.79 Å². The lowest BCUT2D eigenvalue weighted by atomic mass is 10.1. The smallest absolute Gasteiger partial charge is 0.224 e. The van der Waals surface area contributed by atoms with Crippen LogP contribution in [0.5, 0.6) is 0 Å². The van der Waals surface area contributed by atoms with Crippen molar-refractivity contribution in [3.05, 3.63) is 67.4 Å². The van der Waals surface area contributed by atoms with Crippen LogP contribution in [0, 0.1) is 0 Å². The number of unbranched alkanes of at least 4 members (excludes halogenated alkanes) is 1. The van der Waals surface area contributed by atoms with Gasteiger partial charge in [-0.15, -0.1) is 0 Å². The van der Waals surface area contributed by atoms with Gasteiger partial charge >= 0.3 is 0 Å². The van der Waals surface area contributed by atoms with Crippen molar-refractivity contribution in [1.82, 2.24) is 40.1 Å². The molecule has 0 bridgehead atoms. The molecule has 1 amide bonds. The third-order valence-corrected chi connectivity index (χ3v) is 6.04. The van der Waals surface area contributed by atoms with E-state index in [9.17, 15) is 4.79 Å². The number of H-pyrrole nitrogens is 2. The molecule has 0 aliphatic carbocycles. The zero-order valence-electron chi connectivity index (χ0n) is 20.1. The maximum absolute atomic E-state index is 12.2. The maximum atomic E-state index is 12.2. The number of anilines is 1. The average molecular weight is 490 g/mol. The van der Waals surface area contributed by atoms with Crippen LogP contribution in [0.3, 0.4) is 0 Å². The molecule has 6 aromatic heterocycles. The first kappa shape index (κ1) is 22.5. The van der Waals surface area contributed by atoms with Crippen LogP contribution in [-0.4, -0.2) is 46.0 Å². The minimum absolute atomic E-state index is 0.0219. The van der Waals surface area contributed by atoms with Crippen LogP contribution < -0.4 is 5.32 Å². The molecule has 6 rings (SSSR count). The van der Waals surface area contributed by atoms with Gasteiger partial charge in [-0.25, -0.2) is 9.97 Å². The van der Waals surface area contributed by atoms with Gasteiger partial charge in [-0.1, -0.05) is 13.3 Å². The second-order valence-corrected chi connectivity index (χ2v) is 8.66. The first-order valence-electron chi connectivity index (χ1n) is 12.1. The topological polar surface area (TPSA) is 138 Å². The highest BCUT2D eigenvalue weighted by molar-refractivity contribution is 5.95. The Kier molecular flexibility index (Phi) is 5.81. The Morgan fingerprint density at radius 2 is 1.81 bits per heavy atom. The lowest BCUT2D eigenvalue weighted by Crippen LogP contribution is -2.11. The summed E-state index contributed by atoms with van der Waals surface area (Å²) in [6.07, 6.45) is 10.9. The third kappa shape index (κ3) is 4.40. The molecule has 0 saturated carbocycles. The van der Waals surface area contributed by atoms with Crippen LogP contribution in [0.25, 0.3) is 56.1 Å². The Balaban J connectivity index is 1.37. The second-order valence-electron chi connectivity index (χ2n) is 8.66. The lowest BCUT2D eigenvalue weighted by molar-refractivity contribution is -0.116. The van der Waals surface area contributed by atoms with Crippen LogP contribution >= 0.6 is 0 Å². The molecule has 0 saturated heterocycles. The number of nitrogens with zero attached hydrogens (tertiary/aromatic N) is 6. The lowest BCUT2D eigenvalue weighted by Gasteiger charge is -2.07. The van der Waals surface area contributed by atoms with E-state index < -0.39 is 0 Å². The number of nitrogens with one attached hydrogen (secondary N) is 3. The molecular weight excluding hydrogens is 466 g/mol. The molecule has 0 fully saturated rings. The summed E-state index contributed by atoms with van der Waals surface area (Å²) < 4.78 is 0. The van der Waals surface area contributed by atoms with E-state index in [1.54, 1.807) is 31.0 Å². The van der Waals surface area contributed by atoms with Crippen LogP contribution in [0.15, 0.2) is 67.4 Å². The summed E-state index contributed by atoms with van der Waals surface area (Å²) in [5.41, 5.74) is 7.38. The zero-order valence-corrected chi connectivity index (χ0v) is 20.1. The van der Waals surface area contributed by atoms with E-state index in [0.29, 0.717) is 34.8 Å². The first-order chi connectivity index (χ1) is 18.2. The van der Waals surface area contributed by atoms with Crippen molar-refractivity contribution in [2.45, 2.75) is 26.2 Å². The third-order valence-electron chi connectivity index (χ3n) is 6.04. The van der Waals surface area contributed by atoms with Crippen molar-refractivity contribution >= 4 is 33.7 Å². The van der Waals surface area contributed by atoms with Gasteiger partial charge in [0.05, 0.1) is 34.3 Å². The minimum atomic E-state index is -0.0219. The van der Waals surface area contributed by atoms with Gasteiger partial charge in [-0.2, -0.15) is 5.10 Å². The molecule has 0 radical (unpaired) electrons. The predicted molar refractivity (Wildman–Crippen MR) is 141 cm³/mol. The molecule has 6 aromatic rings. The fourth-order valence-corrected chi connectivity index (χ4v) is 4.20. The molecule has 0 unspecified atom stereocenters. The number of amides is 1. The van der Waals surface area contributed by atoms with Gasteiger partial charge in [0.1, 0.15) is 11.0 Å². The van der Waals surface area contributed by atoms with Crippen molar-refractivity contribution in [2.24, 2.45) is 0 Å². The second kappa shape index (κ2) is 9.57. The Labute approximate surface area is 211 Å². The fourth-order valence-electron chi connectivity index (χ4n) is 4.20. The van der Waals surface area contributed by atoms with Gasteiger partial charge in [0, 0.05) is 42.3 Å². The molecule has 0 atom stereocenters. The standard InChI is InChI=1S/C27H23N9O/c1-2-3-6-22(37)31-18-12-17(14-29-15-18)19-7-8-21-25(32-19)26(36-35-21)27-33-20-9-11-30-23(24(20)34-27)16-5-4-10-28-13-16/h4-5,7-15H,2-3,6H2,1H3,(H,31,37)(H,33,34)(H,35,36). The number of rotatable bonds is 7. The molecule has 10 nitrogen and oxygen atoms in total. The summed E-state index contributed by atoms with van der Waals surface area (Å²) in [4.78, 5) is 38.3. The monoisotopic (exact) mass is 489 g/mol. The maximum Gasteiger partial charge on any atom is 0.224 e. The van der Waals surface area contributed by atoms with E-state index in [1.165, 1.54) is 0 Å². The Hall–Kier alpha value is -4.99. The van der Waals surface area contributed by atoms with E-state index in [0.717, 1.165) is 46.2 Å². The molecule has 3 N–H and O–H groups in total. The van der Waals surface area contributed by atoms with E-state index in [1.807, 2.05) is 36.4 Å². The van der Waals surface area contributed by atoms with Gasteiger partial charge in [0.15, 0.2) is 11.5 Å². The average Bonchev–Trinajstić information content (AvgIpc) is 3.56. The number of pyridine rings is 4. The quantitative estimate of drug-likeness (QED) is 0.282. The number of hydrogen-bond donors (Lipinski definition) is 3. The Morgan fingerprint density at radius 3 is 2.68 bits per heavy atom. The fraction of sp³-hybridized carbons (Fsp3) is 0.148. The summed E-state index contributed by atoms with van der Waals surface area (Å²) >= 11 is 0. The SMILES string of the molecule is CCCCC(=O)Nc1cncc(-c2ccc3[nH]nc(-c4nc5c(-c6cccnc6)nccc5[nH]4)c3n2)c1. The van der Waals surface area contributed by atoms with Gasteiger partial charge in [0.25, 0.3) is 0 Å². The van der Waals surface area contributed by atoms with Crippen molar-refractivity contribution in [1.29, 1.82) is 0 Å². The number of imidazole rings is 1. The molecular formula is C27H23N9O. The number of hydrogen-bond acceptors (Lipinski definition) is 7. The van der Waals surface area contributed by atoms with Crippen LogP contribution in [0.1, 0.15) is 26.2 Å². The zero-order chi connectivity index (χ0) is 25.2. The summed E-state index contributed by atoms with van der Waals surface area (Å²) in [7, 11) is 0. The summed E-state index contributed by atoms with van der Waals surface area (Å²) in [5.74, 6) is 0.561. The van der Waals surface area contributed by atoms with Crippen molar-refractivity contribution in [2.75, 3.05) is 5.32 Å². The van der Waals surface area contributed by atoms with Crippen LogP contribution in [0.4, 0.5) is 5.69 Å². The van der Waals surface area contributed by atoms with E-state index >= 15 is 0 Å². The highest BCUT2D eigenvalue weighted by Crippen LogP contribution is 2.30. The first-order valence-corrected chi connectivity index (χ1v) is 12.1. The number of fused-ring (bicyclic) bond motifs is 2. The molecule has 37 heavy (non-hydrogen) atoms. The summed E-state index contributed by atoms with van der Waals surface area (Å²) in [6, 6.07) is 11.4. The highest BCUT2D eigenvalue weighted by atomic mass is 16.1. The molecule has 0 spiro atoms. The van der Waals surface area contributed by atoms with E-state index in [-0.39, 0.29) is 5.91 Å². The van der Waals surface area contributed by atoms with Crippen LogP contribution in [0.2, 0.25) is 0 Å². The largest absolute Gasteiger partial charge is 0.336 e. The van der Waals surface area contributed by atoms with Crippen molar-refractivity contribution in [3.63, 3.8) is 0 Å². The molecule has 6 heterocycles. The number of carbonyl (C=O) groups excluding carboxylic acids is 1. The van der Waals surface area contributed by atoms with Gasteiger partial charge in [-0.3, -0.25) is 24.8 Å². The molecule has 10 heteroatoms. The number of carbonyl (C=O) groups is 1. The molecule has 182 valence electrons. The van der Waals surface area contributed by atoms with Gasteiger partial charge < -0.3 is 10.3 Å². The summed E-state index contributed by atoms with van der Waals surface area (Å²) in [6.45, 7) is 2.06. The van der Waals surface area contributed by atoms with Crippen molar-refractivity contribution in [3.8, 4) is 34.0 Å². The predicted octanol–water partition coefficient (Wildman–Crippen LogP) is 5.15. The van der Waals surface area contributed by atoms with Gasteiger partial charge in [0.2, 0.25) is 5.91 Å². The minimum Gasteiger partial charge on any atom is -0.336 e. The number of aromatic amines is 2. The highest BCUT2D eigenvalue weighted by Gasteiger charge is 2.17. The normalized spacial score (nSPS) is 11.3. The van der Waals surface area contributed by atoms with E-state index in [2.05, 4.69) is 42.4 Å². The summed E-state index contributed by atoms with van der Waals surface area (Å²) in [5, 5.41) is 10.5. The molecule has 0 aromatic carbocycles. The Bertz CT molecular complexity index is 1720. The van der Waals surface area contributed by atoms with Gasteiger partial charge in [-0.05, 0) is 42.8 Å². The van der Waals surface area contributed by atoms with Crippen LogP contribution in [-0.2, 0) is 4.79 Å². The van der Waals surface area contributed by atoms with E-state index in [4.69, 9.17) is 9.97 Å².